The van der Waals surface area contributed by atoms with Crippen molar-refractivity contribution in [3.05, 3.63) is 107 Å². The van der Waals surface area contributed by atoms with Crippen LogP contribution in [0.1, 0.15) is 38.1 Å². The third-order valence-electron chi connectivity index (χ3n) is 6.65. The molecule has 1 aliphatic rings. The summed E-state index contributed by atoms with van der Waals surface area (Å²) in [4.78, 5) is 42.3. The van der Waals surface area contributed by atoms with Crippen molar-refractivity contribution < 1.29 is 32.7 Å². The number of carbonyl (C=O) groups excluding carboxylic acids is 1. The van der Waals surface area contributed by atoms with Crippen LogP contribution < -0.4 is 24.4 Å². The number of aromatic nitrogens is 1. The lowest BCUT2D eigenvalue weighted by Gasteiger charge is -2.25. The zero-order valence-corrected chi connectivity index (χ0v) is 24.4. The monoisotopic (exact) mass is 607 g/mol. The van der Waals surface area contributed by atoms with Crippen LogP contribution in [-0.2, 0) is 9.53 Å². The number of esters is 1. The van der Waals surface area contributed by atoms with Gasteiger partial charge in [0.25, 0.3) is 5.56 Å². The number of allylic oxidation sites excluding steroid dienone is 1. The highest BCUT2D eigenvalue weighted by Gasteiger charge is 2.34. The van der Waals surface area contributed by atoms with Crippen molar-refractivity contribution in [2.24, 2.45) is 4.99 Å². The van der Waals surface area contributed by atoms with Crippen molar-refractivity contribution >= 4 is 29.1 Å². The molecule has 2 aromatic carbocycles. The summed E-state index contributed by atoms with van der Waals surface area (Å²) < 4.78 is 37.9. The Hall–Kier alpha value is -5.04. The van der Waals surface area contributed by atoms with Crippen molar-refractivity contribution in [3.63, 3.8) is 0 Å². The van der Waals surface area contributed by atoms with E-state index in [-0.39, 0.29) is 28.2 Å². The number of benzene rings is 2. The largest absolute Gasteiger partial charge is 0.493 e. The minimum absolute atomic E-state index is 0.137. The van der Waals surface area contributed by atoms with Crippen molar-refractivity contribution in [2.45, 2.75) is 26.8 Å². The maximum Gasteiger partial charge on any atom is 0.338 e. The van der Waals surface area contributed by atoms with Gasteiger partial charge in [-0.3, -0.25) is 19.5 Å². The molecule has 0 bridgehead atoms. The molecule has 13 heteroatoms. The summed E-state index contributed by atoms with van der Waals surface area (Å²) in [5, 5.41) is 11.2. The zero-order valence-electron chi connectivity index (χ0n) is 23.6. The fourth-order valence-corrected chi connectivity index (χ4v) is 5.79. The minimum atomic E-state index is -0.959. The summed E-state index contributed by atoms with van der Waals surface area (Å²) in [5.74, 6) is -0.0711. The van der Waals surface area contributed by atoms with E-state index in [0.29, 0.717) is 39.7 Å². The number of nitro benzene ring substituents is 1. The number of nitro groups is 1. The van der Waals surface area contributed by atoms with Crippen LogP contribution in [0, 0.1) is 15.9 Å². The number of carbonyl (C=O) groups is 1. The molecule has 1 aliphatic heterocycles. The van der Waals surface area contributed by atoms with E-state index in [2.05, 4.69) is 4.99 Å². The predicted octanol–water partition coefficient (Wildman–Crippen LogP) is 4.51. The van der Waals surface area contributed by atoms with Crippen molar-refractivity contribution in [2.75, 3.05) is 20.3 Å². The van der Waals surface area contributed by atoms with Crippen molar-refractivity contribution in [1.82, 2.24) is 4.57 Å². The summed E-state index contributed by atoms with van der Waals surface area (Å²) in [7, 11) is 1.52. The lowest BCUT2D eigenvalue weighted by molar-refractivity contribution is -0.387. The Bertz CT molecular complexity index is 1960. The molecule has 1 atom stereocenters. The Balaban J connectivity index is 1.63. The Morgan fingerprint density at radius 3 is 2.65 bits per heavy atom. The predicted molar refractivity (Wildman–Crippen MR) is 155 cm³/mol. The number of furan rings is 1. The molecule has 0 aliphatic carbocycles. The van der Waals surface area contributed by atoms with Gasteiger partial charge in [0.15, 0.2) is 16.3 Å². The van der Waals surface area contributed by atoms with Gasteiger partial charge in [-0.2, -0.15) is 4.39 Å². The number of halogens is 1. The maximum atomic E-state index is 13.9. The molecule has 5 rings (SSSR count). The van der Waals surface area contributed by atoms with Crippen molar-refractivity contribution in [3.8, 4) is 22.8 Å². The molecule has 0 saturated heterocycles. The molecular formula is C30H26FN3O8S. The molecule has 0 fully saturated rings. The summed E-state index contributed by atoms with van der Waals surface area (Å²) in [6.45, 7) is 5.72. The normalized spacial score (nSPS) is 14.7. The highest BCUT2D eigenvalue weighted by atomic mass is 32.1. The van der Waals surface area contributed by atoms with Crippen LogP contribution >= 0.6 is 11.3 Å². The van der Waals surface area contributed by atoms with Crippen LogP contribution in [0.2, 0.25) is 0 Å². The van der Waals surface area contributed by atoms with E-state index in [4.69, 9.17) is 18.6 Å². The maximum absolute atomic E-state index is 13.9. The molecule has 0 amide bonds. The molecule has 3 heterocycles. The molecule has 222 valence electrons. The van der Waals surface area contributed by atoms with Crippen LogP contribution in [0.4, 0.5) is 10.1 Å². The molecule has 0 radical (unpaired) electrons. The Morgan fingerprint density at radius 1 is 1.16 bits per heavy atom. The van der Waals surface area contributed by atoms with Crippen LogP contribution in [0.15, 0.2) is 74.0 Å². The van der Waals surface area contributed by atoms with Crippen LogP contribution in [-0.4, -0.2) is 35.8 Å². The minimum Gasteiger partial charge on any atom is -0.493 e. The van der Waals surface area contributed by atoms with Crippen LogP contribution in [0.5, 0.6) is 11.5 Å². The number of methoxy groups -OCH3 is 1. The molecule has 0 spiro atoms. The first-order chi connectivity index (χ1) is 20.7. The van der Waals surface area contributed by atoms with Gasteiger partial charge < -0.3 is 18.6 Å². The highest BCUT2D eigenvalue weighted by molar-refractivity contribution is 7.07. The second-order valence-electron chi connectivity index (χ2n) is 9.27. The van der Waals surface area contributed by atoms with E-state index in [1.165, 1.54) is 23.8 Å². The number of fused-ring (bicyclic) bond motifs is 1. The average Bonchev–Trinajstić information content (AvgIpc) is 3.56. The lowest BCUT2D eigenvalue weighted by atomic mass is 9.95. The lowest BCUT2D eigenvalue weighted by Crippen LogP contribution is -2.39. The third-order valence-corrected chi connectivity index (χ3v) is 7.63. The summed E-state index contributed by atoms with van der Waals surface area (Å²) in [6, 6.07) is 10.9. The number of hydrogen-bond acceptors (Lipinski definition) is 10. The molecule has 0 saturated carbocycles. The van der Waals surface area contributed by atoms with Gasteiger partial charge in [-0.1, -0.05) is 17.4 Å². The summed E-state index contributed by atoms with van der Waals surface area (Å²) >= 11 is 1.11. The number of ether oxygens (including phenoxy) is 3. The first-order valence-electron chi connectivity index (χ1n) is 13.2. The number of hydrogen-bond donors (Lipinski definition) is 0. The Kier molecular flexibility index (Phi) is 8.26. The molecule has 4 aromatic rings. The smallest absolute Gasteiger partial charge is 0.338 e. The third kappa shape index (κ3) is 5.58. The van der Waals surface area contributed by atoms with Crippen molar-refractivity contribution in [1.29, 1.82) is 0 Å². The Labute approximate surface area is 247 Å². The van der Waals surface area contributed by atoms with Gasteiger partial charge in [-0.25, -0.2) is 9.79 Å². The van der Waals surface area contributed by atoms with E-state index in [1.807, 2.05) is 6.92 Å². The first-order valence-corrected chi connectivity index (χ1v) is 14.0. The summed E-state index contributed by atoms with van der Waals surface area (Å²) in [6.07, 6.45) is 1.52. The second-order valence-corrected chi connectivity index (χ2v) is 10.3. The fraction of sp³-hybridized carbons (Fsp3) is 0.233. The van der Waals surface area contributed by atoms with E-state index in [0.717, 1.165) is 23.5 Å². The van der Waals surface area contributed by atoms with Gasteiger partial charge in [0.2, 0.25) is 5.82 Å². The van der Waals surface area contributed by atoms with E-state index < -0.39 is 34.0 Å². The topological polar surface area (TPSA) is 135 Å². The SMILES string of the molecule is CCOC(=O)C1=C(C)N=c2s/c(=C\c3ccc(-c4ccc(F)c([N+](=O)[O-])c4)o3)c(=O)n2[C@@H]1c1ccc(OC)c(OCC)c1. The molecule has 2 aromatic heterocycles. The standard InChI is InChI=1S/C30H26FN3O8S/c1-5-40-24-14-18(8-11-23(24)39-4)27-26(29(36)41-6-2)16(3)32-30-33(27)28(35)25(43-30)15-19-9-12-22(42-19)17-7-10-20(31)21(13-17)34(37)38/h7-15,27H,5-6H2,1-4H3/b25-15-/t27-/m1/s1. The number of thiazole rings is 1. The molecule has 0 N–H and O–H groups in total. The fourth-order valence-electron chi connectivity index (χ4n) is 4.76. The number of rotatable bonds is 9. The Morgan fingerprint density at radius 2 is 1.95 bits per heavy atom. The van der Waals surface area contributed by atoms with Gasteiger partial charge in [0.1, 0.15) is 11.5 Å². The first kappa shape index (κ1) is 29.5. The van der Waals surface area contributed by atoms with Gasteiger partial charge in [-0.15, -0.1) is 0 Å². The van der Waals surface area contributed by atoms with Gasteiger partial charge in [0.05, 0.1) is 47.1 Å². The highest BCUT2D eigenvalue weighted by Crippen LogP contribution is 2.36. The summed E-state index contributed by atoms with van der Waals surface area (Å²) in [5.41, 5.74) is 0.408. The molecule has 43 heavy (non-hydrogen) atoms. The molecule has 11 nitrogen and oxygen atoms in total. The quantitative estimate of drug-likeness (QED) is 0.154. The van der Waals surface area contributed by atoms with Gasteiger partial charge in [-0.05, 0) is 62.7 Å². The van der Waals surface area contributed by atoms with E-state index in [9.17, 15) is 24.1 Å². The molecule has 0 unspecified atom stereocenters. The van der Waals surface area contributed by atoms with Crippen LogP contribution in [0.3, 0.4) is 0 Å². The second kappa shape index (κ2) is 12.1. The van der Waals surface area contributed by atoms with Crippen LogP contribution in [0.25, 0.3) is 17.4 Å². The average molecular weight is 608 g/mol. The zero-order chi connectivity index (χ0) is 30.8. The number of nitrogens with zero attached hydrogens (tertiary/aromatic N) is 3. The van der Waals surface area contributed by atoms with E-state index >= 15 is 0 Å². The van der Waals surface area contributed by atoms with Gasteiger partial charge in [0, 0.05) is 17.7 Å². The van der Waals surface area contributed by atoms with Gasteiger partial charge >= 0.3 is 11.7 Å². The molecular weight excluding hydrogens is 581 g/mol. The van der Waals surface area contributed by atoms with E-state index in [1.54, 1.807) is 44.2 Å².